The van der Waals surface area contributed by atoms with Crippen molar-refractivity contribution >= 4 is 10.8 Å². The normalized spacial score (nSPS) is 10.9. The van der Waals surface area contributed by atoms with Gasteiger partial charge >= 0.3 is 0 Å². The van der Waals surface area contributed by atoms with E-state index >= 15 is 0 Å². The zero-order valence-electron chi connectivity index (χ0n) is 7.76. The van der Waals surface area contributed by atoms with Crippen LogP contribution < -0.4 is 0 Å². The van der Waals surface area contributed by atoms with E-state index in [0.717, 1.165) is 0 Å². The highest BCUT2D eigenvalue weighted by Crippen LogP contribution is 2.20. The maximum Gasteiger partial charge on any atom is 0.0219 e. The molecule has 2 aromatic rings. The first kappa shape index (κ1) is 7.41. The van der Waals surface area contributed by atoms with E-state index < -0.39 is 0 Å². The largest absolute Gasteiger partial charge is 0.353 e. The SMILES string of the molecule is Cc1ccc2c(C)n(C)cc2c1. The van der Waals surface area contributed by atoms with Crippen LogP contribution in [0, 0.1) is 13.8 Å². The molecule has 1 heteroatoms. The third-order valence-corrected chi connectivity index (χ3v) is 2.46. The van der Waals surface area contributed by atoms with Crippen LogP contribution in [0.2, 0.25) is 0 Å². The van der Waals surface area contributed by atoms with Gasteiger partial charge in [0.1, 0.15) is 0 Å². The van der Waals surface area contributed by atoms with Gasteiger partial charge in [-0.2, -0.15) is 0 Å². The molecule has 0 bridgehead atoms. The Labute approximate surface area is 72.6 Å². The summed E-state index contributed by atoms with van der Waals surface area (Å²) in [5.41, 5.74) is 2.66. The quantitative estimate of drug-likeness (QED) is 0.557. The number of nitrogens with zero attached hydrogens (tertiary/aromatic N) is 1. The molecule has 0 aliphatic rings. The third-order valence-electron chi connectivity index (χ3n) is 2.46. The van der Waals surface area contributed by atoms with Gasteiger partial charge in [0.25, 0.3) is 0 Å². The Bertz CT molecular complexity index is 424. The van der Waals surface area contributed by atoms with Crippen LogP contribution in [0.3, 0.4) is 0 Å². The van der Waals surface area contributed by atoms with Crippen molar-refractivity contribution in [2.24, 2.45) is 7.05 Å². The van der Waals surface area contributed by atoms with Gasteiger partial charge in [-0.15, -0.1) is 0 Å². The number of aryl methyl sites for hydroxylation is 3. The molecule has 2 rings (SSSR count). The molecule has 0 fully saturated rings. The summed E-state index contributed by atoms with van der Waals surface area (Å²) in [5.74, 6) is 0. The summed E-state index contributed by atoms with van der Waals surface area (Å²) >= 11 is 0. The van der Waals surface area contributed by atoms with Gasteiger partial charge in [0, 0.05) is 24.3 Å². The van der Waals surface area contributed by atoms with Crippen molar-refractivity contribution in [2.75, 3.05) is 0 Å². The molecule has 0 saturated carbocycles. The summed E-state index contributed by atoms with van der Waals surface area (Å²) in [7, 11) is 2.09. The molecule has 0 amide bonds. The van der Waals surface area contributed by atoms with Crippen LogP contribution in [0.25, 0.3) is 10.8 Å². The molecule has 12 heavy (non-hydrogen) atoms. The number of benzene rings is 1. The zero-order chi connectivity index (χ0) is 8.72. The van der Waals surface area contributed by atoms with E-state index in [1.165, 1.54) is 22.0 Å². The zero-order valence-corrected chi connectivity index (χ0v) is 7.76. The fraction of sp³-hybridized carbons (Fsp3) is 0.273. The van der Waals surface area contributed by atoms with Crippen LogP contribution in [0.4, 0.5) is 0 Å². The van der Waals surface area contributed by atoms with Gasteiger partial charge in [-0.3, -0.25) is 0 Å². The standard InChI is InChI=1S/C11H13N/c1-8-4-5-11-9(2)12(3)7-10(11)6-8/h4-7H,1-3H3. The van der Waals surface area contributed by atoms with Crippen molar-refractivity contribution in [3.8, 4) is 0 Å². The molecule has 1 nitrogen and oxygen atoms in total. The molecule has 0 atom stereocenters. The summed E-state index contributed by atoms with van der Waals surface area (Å²) in [6.45, 7) is 4.28. The molecule has 1 aromatic heterocycles. The highest BCUT2D eigenvalue weighted by Gasteiger charge is 2.00. The second-order valence-electron chi connectivity index (χ2n) is 3.42. The summed E-state index contributed by atoms with van der Waals surface area (Å²) < 4.78 is 2.17. The Kier molecular flexibility index (Phi) is 1.47. The van der Waals surface area contributed by atoms with Crippen LogP contribution in [0.1, 0.15) is 11.3 Å². The lowest BCUT2D eigenvalue weighted by Gasteiger charge is -1.94. The minimum atomic E-state index is 1.33. The van der Waals surface area contributed by atoms with Crippen LogP contribution in [0.15, 0.2) is 24.4 Å². The monoisotopic (exact) mass is 159 g/mol. The lowest BCUT2D eigenvalue weighted by Crippen LogP contribution is -1.85. The predicted molar refractivity (Wildman–Crippen MR) is 52.4 cm³/mol. The van der Waals surface area contributed by atoms with Gasteiger partial charge in [0.15, 0.2) is 0 Å². The maximum atomic E-state index is 2.22. The molecular weight excluding hydrogens is 146 g/mol. The van der Waals surface area contributed by atoms with Crippen LogP contribution >= 0.6 is 0 Å². The Balaban J connectivity index is 2.87. The molecule has 0 aliphatic carbocycles. The van der Waals surface area contributed by atoms with E-state index in [9.17, 15) is 0 Å². The Hall–Kier alpha value is -1.24. The highest BCUT2D eigenvalue weighted by molar-refractivity contribution is 5.85. The first-order valence-corrected chi connectivity index (χ1v) is 4.21. The number of fused-ring (bicyclic) bond motifs is 1. The van der Waals surface area contributed by atoms with Crippen molar-refractivity contribution < 1.29 is 0 Å². The smallest absolute Gasteiger partial charge is 0.0219 e. The third kappa shape index (κ3) is 0.934. The number of aromatic nitrogens is 1. The second kappa shape index (κ2) is 2.37. The first-order valence-electron chi connectivity index (χ1n) is 4.21. The van der Waals surface area contributed by atoms with Crippen molar-refractivity contribution in [1.82, 2.24) is 4.57 Å². The lowest BCUT2D eigenvalue weighted by molar-refractivity contribution is 0.889. The van der Waals surface area contributed by atoms with E-state index in [4.69, 9.17) is 0 Å². The molecule has 0 unspecified atom stereocenters. The van der Waals surface area contributed by atoms with Gasteiger partial charge in [-0.05, 0) is 25.3 Å². The highest BCUT2D eigenvalue weighted by atomic mass is 14.9. The summed E-state index contributed by atoms with van der Waals surface area (Å²) in [5, 5.41) is 2.71. The second-order valence-corrected chi connectivity index (χ2v) is 3.42. The predicted octanol–water partition coefficient (Wildman–Crippen LogP) is 2.80. The molecule has 62 valence electrons. The van der Waals surface area contributed by atoms with Crippen LogP contribution in [-0.2, 0) is 7.05 Å². The average Bonchev–Trinajstić information content (AvgIpc) is 2.28. The molecule has 0 aliphatic heterocycles. The van der Waals surface area contributed by atoms with Gasteiger partial charge in [0.05, 0.1) is 0 Å². The molecule has 0 radical (unpaired) electrons. The minimum Gasteiger partial charge on any atom is -0.353 e. The molecule has 0 N–H and O–H groups in total. The van der Waals surface area contributed by atoms with Crippen molar-refractivity contribution in [3.63, 3.8) is 0 Å². The van der Waals surface area contributed by atoms with Crippen molar-refractivity contribution in [2.45, 2.75) is 13.8 Å². The van der Waals surface area contributed by atoms with Gasteiger partial charge in [0.2, 0.25) is 0 Å². The lowest BCUT2D eigenvalue weighted by atomic mass is 10.1. The summed E-state index contributed by atoms with van der Waals surface area (Å²) in [4.78, 5) is 0. The van der Waals surface area contributed by atoms with Crippen LogP contribution in [-0.4, -0.2) is 4.57 Å². The van der Waals surface area contributed by atoms with Gasteiger partial charge < -0.3 is 4.57 Å². The Morgan fingerprint density at radius 1 is 1.17 bits per heavy atom. The van der Waals surface area contributed by atoms with Crippen LogP contribution in [0.5, 0.6) is 0 Å². The van der Waals surface area contributed by atoms with Crippen molar-refractivity contribution in [3.05, 3.63) is 35.7 Å². The topological polar surface area (TPSA) is 4.93 Å². The average molecular weight is 159 g/mol. The molecular formula is C11H13N. The Morgan fingerprint density at radius 2 is 1.92 bits per heavy atom. The van der Waals surface area contributed by atoms with Crippen molar-refractivity contribution in [1.29, 1.82) is 0 Å². The fourth-order valence-electron chi connectivity index (χ4n) is 1.61. The molecule has 1 heterocycles. The molecule has 0 saturated heterocycles. The van der Waals surface area contributed by atoms with E-state index in [2.05, 4.69) is 49.9 Å². The first-order chi connectivity index (χ1) is 5.68. The minimum absolute atomic E-state index is 1.33. The summed E-state index contributed by atoms with van der Waals surface area (Å²) in [6.07, 6.45) is 2.18. The fourth-order valence-corrected chi connectivity index (χ4v) is 1.61. The van der Waals surface area contributed by atoms with E-state index in [1.807, 2.05) is 0 Å². The molecule has 1 aromatic carbocycles. The van der Waals surface area contributed by atoms with E-state index in [-0.39, 0.29) is 0 Å². The van der Waals surface area contributed by atoms with Gasteiger partial charge in [-0.25, -0.2) is 0 Å². The number of hydrogen-bond acceptors (Lipinski definition) is 0. The summed E-state index contributed by atoms with van der Waals surface area (Å²) in [6, 6.07) is 6.58. The van der Waals surface area contributed by atoms with Gasteiger partial charge in [-0.1, -0.05) is 17.7 Å². The number of hydrogen-bond donors (Lipinski definition) is 0. The number of rotatable bonds is 0. The Morgan fingerprint density at radius 3 is 2.67 bits per heavy atom. The van der Waals surface area contributed by atoms with E-state index in [1.54, 1.807) is 0 Å². The molecule has 0 spiro atoms. The maximum absolute atomic E-state index is 2.22. The van der Waals surface area contributed by atoms with E-state index in [0.29, 0.717) is 0 Å².